The van der Waals surface area contributed by atoms with Crippen LogP contribution in [0, 0.1) is 6.92 Å². The predicted molar refractivity (Wildman–Crippen MR) is 74.0 cm³/mol. The van der Waals surface area contributed by atoms with Crippen LogP contribution in [0.1, 0.15) is 29.6 Å². The van der Waals surface area contributed by atoms with Crippen LogP contribution in [0.5, 0.6) is 0 Å². The number of ketones is 1. The van der Waals surface area contributed by atoms with E-state index in [4.69, 9.17) is 12.2 Å². The van der Waals surface area contributed by atoms with Crippen LogP contribution in [0.3, 0.4) is 0 Å². The first-order valence-electron chi connectivity index (χ1n) is 5.34. The van der Waals surface area contributed by atoms with Crippen LogP contribution in [-0.2, 0) is 4.79 Å². The molecule has 0 fully saturated rings. The van der Waals surface area contributed by atoms with Gasteiger partial charge >= 0.3 is 0 Å². The smallest absolute Gasteiger partial charge is 0.171 e. The van der Waals surface area contributed by atoms with Crippen LogP contribution in [0.25, 0.3) is 0 Å². The highest BCUT2D eigenvalue weighted by molar-refractivity contribution is 7.80. The van der Waals surface area contributed by atoms with Crippen molar-refractivity contribution in [3.8, 4) is 0 Å². The van der Waals surface area contributed by atoms with E-state index in [1.165, 1.54) is 4.88 Å². The molecule has 5 heteroatoms. The minimum Gasteiger partial charge on any atom is -0.351 e. The zero-order valence-electron chi connectivity index (χ0n) is 9.96. The number of hydrogen-bond donors (Lipinski definition) is 2. The first-order chi connectivity index (χ1) is 7.99. The third-order valence-electron chi connectivity index (χ3n) is 2.69. The maximum Gasteiger partial charge on any atom is 0.171 e. The average molecular weight is 266 g/mol. The Kier molecular flexibility index (Phi) is 3.31. The monoisotopic (exact) mass is 266 g/mol. The van der Waals surface area contributed by atoms with Gasteiger partial charge in [0, 0.05) is 21.0 Å². The van der Waals surface area contributed by atoms with Crippen molar-refractivity contribution in [2.45, 2.75) is 26.8 Å². The van der Waals surface area contributed by atoms with Gasteiger partial charge in [-0.2, -0.15) is 0 Å². The van der Waals surface area contributed by atoms with Crippen molar-refractivity contribution in [1.82, 2.24) is 10.6 Å². The summed E-state index contributed by atoms with van der Waals surface area (Å²) in [6.45, 7) is 5.53. The van der Waals surface area contributed by atoms with Gasteiger partial charge in [-0.1, -0.05) is 0 Å². The highest BCUT2D eigenvalue weighted by atomic mass is 32.1. The number of allylic oxidation sites excluding steroid dienone is 1. The highest BCUT2D eigenvalue weighted by Crippen LogP contribution is 2.31. The largest absolute Gasteiger partial charge is 0.351 e. The van der Waals surface area contributed by atoms with Crippen molar-refractivity contribution in [1.29, 1.82) is 0 Å². The molecule has 2 N–H and O–H groups in total. The lowest BCUT2D eigenvalue weighted by molar-refractivity contribution is -0.114. The van der Waals surface area contributed by atoms with Crippen molar-refractivity contribution < 1.29 is 4.79 Å². The van der Waals surface area contributed by atoms with Crippen LogP contribution in [0.15, 0.2) is 23.4 Å². The fourth-order valence-electron chi connectivity index (χ4n) is 1.98. The van der Waals surface area contributed by atoms with Gasteiger partial charge < -0.3 is 10.6 Å². The lowest BCUT2D eigenvalue weighted by Crippen LogP contribution is -2.44. The maximum absolute atomic E-state index is 11.7. The molecular weight excluding hydrogens is 252 g/mol. The Balaban J connectivity index is 2.46. The lowest BCUT2D eigenvalue weighted by atomic mass is 9.98. The number of aryl methyl sites for hydroxylation is 1. The second-order valence-corrected chi connectivity index (χ2v) is 5.80. The minimum atomic E-state index is -0.111. The second kappa shape index (κ2) is 4.58. The summed E-state index contributed by atoms with van der Waals surface area (Å²) < 4.78 is 0. The van der Waals surface area contributed by atoms with E-state index < -0.39 is 0 Å². The number of hydrogen-bond acceptors (Lipinski definition) is 3. The molecule has 0 amide bonds. The van der Waals surface area contributed by atoms with Crippen molar-refractivity contribution in [3.05, 3.63) is 33.2 Å². The van der Waals surface area contributed by atoms with E-state index in [-0.39, 0.29) is 11.8 Å². The quantitative estimate of drug-likeness (QED) is 0.807. The van der Waals surface area contributed by atoms with Crippen LogP contribution >= 0.6 is 23.6 Å². The normalized spacial score (nSPS) is 19.9. The molecule has 0 radical (unpaired) electrons. The fourth-order valence-corrected chi connectivity index (χ4v) is 3.19. The number of carbonyl (C=O) groups is 1. The molecule has 1 aromatic rings. The van der Waals surface area contributed by atoms with Gasteiger partial charge in [0.25, 0.3) is 0 Å². The highest BCUT2D eigenvalue weighted by Gasteiger charge is 2.28. The Morgan fingerprint density at radius 3 is 2.65 bits per heavy atom. The van der Waals surface area contributed by atoms with Crippen LogP contribution in [-0.4, -0.2) is 10.9 Å². The first-order valence-corrected chi connectivity index (χ1v) is 6.57. The number of Topliss-reactive ketones (excluding diaryl/α,β-unsaturated/α-hetero) is 1. The Hall–Kier alpha value is -1.20. The summed E-state index contributed by atoms with van der Waals surface area (Å²) in [6.07, 6.45) is 0. The minimum absolute atomic E-state index is 0.0704. The number of carbonyl (C=O) groups excluding carboxylic acids is 1. The van der Waals surface area contributed by atoms with Gasteiger partial charge in [-0.25, -0.2) is 0 Å². The predicted octanol–water partition coefficient (Wildman–Crippen LogP) is 2.44. The van der Waals surface area contributed by atoms with E-state index in [1.807, 2.05) is 13.0 Å². The summed E-state index contributed by atoms with van der Waals surface area (Å²) in [5.41, 5.74) is 1.61. The molecule has 0 aliphatic carbocycles. The van der Waals surface area contributed by atoms with Crippen LogP contribution in [0.2, 0.25) is 0 Å². The molecule has 0 aromatic carbocycles. The van der Waals surface area contributed by atoms with E-state index >= 15 is 0 Å². The van der Waals surface area contributed by atoms with Gasteiger partial charge in [0.2, 0.25) is 0 Å². The van der Waals surface area contributed by atoms with Gasteiger partial charge in [0.05, 0.1) is 6.04 Å². The van der Waals surface area contributed by atoms with Gasteiger partial charge in [0.1, 0.15) is 0 Å². The Labute approximate surface area is 110 Å². The topological polar surface area (TPSA) is 41.1 Å². The number of thiocarbonyl (C=S) groups is 1. The molecule has 1 aliphatic heterocycles. The van der Waals surface area contributed by atoms with E-state index in [1.54, 1.807) is 18.3 Å². The Morgan fingerprint density at radius 2 is 2.12 bits per heavy atom. The average Bonchev–Trinajstić information content (AvgIpc) is 2.62. The lowest BCUT2D eigenvalue weighted by Gasteiger charge is -2.28. The van der Waals surface area contributed by atoms with Crippen molar-refractivity contribution in [2.75, 3.05) is 0 Å². The molecule has 2 heterocycles. The summed E-state index contributed by atoms with van der Waals surface area (Å²) >= 11 is 6.83. The van der Waals surface area contributed by atoms with E-state index in [2.05, 4.69) is 23.6 Å². The van der Waals surface area contributed by atoms with E-state index in [9.17, 15) is 4.79 Å². The summed E-state index contributed by atoms with van der Waals surface area (Å²) in [6, 6.07) is 3.99. The molecule has 3 nitrogen and oxygen atoms in total. The second-order valence-electron chi connectivity index (χ2n) is 4.07. The molecule has 0 bridgehead atoms. The standard InChI is InChI=1S/C12H14N2OS2/c1-6-4-5-9(17-6)11-10(8(3)15)7(2)13-12(16)14-11/h4-5,11H,1-3H3,(H2,13,14,16). The summed E-state index contributed by atoms with van der Waals surface area (Å²) in [5, 5.41) is 6.73. The molecule has 1 atom stereocenters. The van der Waals surface area contributed by atoms with Gasteiger partial charge in [-0.3, -0.25) is 4.79 Å². The van der Waals surface area contributed by atoms with Crippen LogP contribution < -0.4 is 10.6 Å². The van der Waals surface area contributed by atoms with Crippen molar-refractivity contribution in [2.24, 2.45) is 0 Å². The molecule has 17 heavy (non-hydrogen) atoms. The number of thiophene rings is 1. The molecule has 1 aliphatic rings. The molecule has 90 valence electrons. The van der Waals surface area contributed by atoms with Gasteiger partial charge in [-0.15, -0.1) is 11.3 Å². The summed E-state index contributed by atoms with van der Waals surface area (Å²) in [7, 11) is 0. The third-order valence-corrected chi connectivity index (χ3v) is 3.98. The Morgan fingerprint density at radius 1 is 1.41 bits per heavy atom. The molecular formula is C12H14N2OS2. The van der Waals surface area contributed by atoms with Crippen molar-refractivity contribution >= 4 is 34.5 Å². The van der Waals surface area contributed by atoms with Gasteiger partial charge in [-0.05, 0) is 45.1 Å². The molecule has 2 rings (SSSR count). The van der Waals surface area contributed by atoms with Gasteiger partial charge in [0.15, 0.2) is 10.9 Å². The molecule has 0 saturated carbocycles. The molecule has 1 unspecified atom stereocenters. The third kappa shape index (κ3) is 2.40. The molecule has 0 spiro atoms. The Bertz CT molecular complexity index is 516. The zero-order valence-corrected chi connectivity index (χ0v) is 11.6. The maximum atomic E-state index is 11.7. The van der Waals surface area contributed by atoms with Crippen molar-refractivity contribution in [3.63, 3.8) is 0 Å². The van der Waals surface area contributed by atoms with E-state index in [0.717, 1.165) is 16.1 Å². The molecule has 0 saturated heterocycles. The van der Waals surface area contributed by atoms with E-state index in [0.29, 0.717) is 5.11 Å². The fraction of sp³-hybridized carbons (Fsp3) is 0.333. The first kappa shape index (κ1) is 12.3. The number of nitrogens with one attached hydrogen (secondary N) is 2. The number of rotatable bonds is 2. The summed E-state index contributed by atoms with van der Waals surface area (Å²) in [4.78, 5) is 14.1. The molecule has 1 aromatic heterocycles. The van der Waals surface area contributed by atoms with Crippen LogP contribution in [0.4, 0.5) is 0 Å². The SMILES string of the molecule is CC(=O)C1=C(C)NC(=S)NC1c1ccc(C)s1. The summed E-state index contributed by atoms with van der Waals surface area (Å²) in [5.74, 6) is 0.0704. The zero-order chi connectivity index (χ0) is 12.6.